The monoisotopic (exact) mass is 221 g/mol. The summed E-state index contributed by atoms with van der Waals surface area (Å²) in [5, 5.41) is 0. The van der Waals surface area contributed by atoms with E-state index in [-0.39, 0.29) is 154 Å². The van der Waals surface area contributed by atoms with Gasteiger partial charge in [-0.3, -0.25) is 23.3 Å². The smallest absolute Gasteiger partial charge is 0.316 e. The SMILES string of the molecule is Cc1[c-]cc(C)[c-]c1.[K+].[K+].[K]. The zero-order chi connectivity index (χ0) is 5.98. The van der Waals surface area contributed by atoms with E-state index in [1.165, 1.54) is 0 Å². The molecule has 0 spiro atoms. The zero-order valence-corrected chi connectivity index (χ0v) is 17.5. The number of rotatable bonds is 0. The van der Waals surface area contributed by atoms with Crippen LogP contribution in [0.2, 0.25) is 0 Å². The third-order valence-electron chi connectivity index (χ3n) is 1.03. The van der Waals surface area contributed by atoms with Gasteiger partial charge in [0.25, 0.3) is 0 Å². The van der Waals surface area contributed by atoms with Crippen LogP contribution in [0.3, 0.4) is 0 Å². The minimum absolute atomic E-state index is 0. The van der Waals surface area contributed by atoms with Gasteiger partial charge >= 0.3 is 103 Å². The largest absolute Gasteiger partial charge is 1.00 e. The molecule has 0 nitrogen and oxygen atoms in total. The van der Waals surface area contributed by atoms with Crippen LogP contribution < -0.4 is 103 Å². The Kier molecular flexibility index (Phi) is 22.8. The van der Waals surface area contributed by atoms with Crippen LogP contribution >= 0.6 is 0 Å². The Bertz CT molecular complexity index is 148. The predicted octanol–water partition coefficient (Wildman–Crippen LogP) is -4.47. The Hall–Kier alpha value is 4.13. The van der Waals surface area contributed by atoms with E-state index in [0.29, 0.717) is 0 Å². The fraction of sp³-hybridized carbons (Fsp3) is 0.250. The van der Waals surface area contributed by atoms with Crippen molar-refractivity contribution in [3.05, 3.63) is 35.4 Å². The fourth-order valence-corrected chi connectivity index (χ4v) is 0.528. The Morgan fingerprint density at radius 2 is 1.18 bits per heavy atom. The van der Waals surface area contributed by atoms with Gasteiger partial charge < -0.3 is 12.1 Å². The first-order valence-electron chi connectivity index (χ1n) is 2.65. The van der Waals surface area contributed by atoms with Crippen molar-refractivity contribution in [1.82, 2.24) is 0 Å². The molecular weight excluding hydrogens is 213 g/mol. The average molecular weight is 221 g/mol. The van der Waals surface area contributed by atoms with Gasteiger partial charge in [0.1, 0.15) is 0 Å². The Morgan fingerprint density at radius 1 is 0.909 bits per heavy atom. The van der Waals surface area contributed by atoms with Crippen molar-refractivity contribution in [2.24, 2.45) is 0 Å². The first-order chi connectivity index (χ1) is 3.79. The minimum atomic E-state index is 0. The molecule has 0 atom stereocenters. The molecule has 0 aromatic heterocycles. The molecule has 0 aliphatic carbocycles. The maximum absolute atomic E-state index is 3.07. The zero-order valence-electron chi connectivity index (χ0n) is 8.15. The second-order valence-corrected chi connectivity index (χ2v) is 1.94. The van der Waals surface area contributed by atoms with Crippen LogP contribution in [0.25, 0.3) is 0 Å². The van der Waals surface area contributed by atoms with Crippen molar-refractivity contribution in [3.63, 3.8) is 0 Å². The number of benzene rings is 1. The maximum Gasteiger partial charge on any atom is 1.00 e. The third kappa shape index (κ3) is 10.4. The van der Waals surface area contributed by atoms with Gasteiger partial charge in [0.2, 0.25) is 0 Å². The summed E-state index contributed by atoms with van der Waals surface area (Å²) in [5.74, 6) is 0. The molecule has 1 aromatic carbocycles. The van der Waals surface area contributed by atoms with Gasteiger partial charge in [0.15, 0.2) is 0 Å². The second kappa shape index (κ2) is 12.2. The Labute approximate surface area is 197 Å². The average Bonchev–Trinajstić information content (AvgIpc) is 1.77. The van der Waals surface area contributed by atoms with Crippen LogP contribution in [0.1, 0.15) is 11.1 Å². The molecule has 1 radical (unpaired) electrons. The molecule has 1 rings (SSSR count). The van der Waals surface area contributed by atoms with Crippen LogP contribution in [-0.2, 0) is 0 Å². The van der Waals surface area contributed by atoms with E-state index in [2.05, 4.69) is 12.1 Å². The quantitative estimate of drug-likeness (QED) is 0.306. The van der Waals surface area contributed by atoms with E-state index in [0.717, 1.165) is 11.1 Å². The van der Waals surface area contributed by atoms with E-state index in [1.54, 1.807) is 0 Å². The molecule has 0 heterocycles. The second-order valence-electron chi connectivity index (χ2n) is 1.94. The molecule has 43 valence electrons. The van der Waals surface area contributed by atoms with Crippen LogP contribution in [0.15, 0.2) is 12.1 Å². The van der Waals surface area contributed by atoms with E-state index in [1.807, 2.05) is 26.0 Å². The van der Waals surface area contributed by atoms with Gasteiger partial charge in [0, 0.05) is 51.4 Å². The summed E-state index contributed by atoms with van der Waals surface area (Å²) in [7, 11) is 0. The summed E-state index contributed by atoms with van der Waals surface area (Å²) in [4.78, 5) is 0. The van der Waals surface area contributed by atoms with E-state index in [9.17, 15) is 0 Å². The summed E-state index contributed by atoms with van der Waals surface area (Å²) in [6.45, 7) is 4.02. The molecule has 0 fully saturated rings. The number of aryl methyl sites for hydroxylation is 2. The Morgan fingerprint density at radius 3 is 1.36 bits per heavy atom. The summed E-state index contributed by atoms with van der Waals surface area (Å²) in [6, 6.07) is 10.0. The molecular formula is C8H8K3. The van der Waals surface area contributed by atoms with Crippen LogP contribution in [-0.4, -0.2) is 51.4 Å². The van der Waals surface area contributed by atoms with E-state index < -0.39 is 0 Å². The van der Waals surface area contributed by atoms with Gasteiger partial charge in [0.05, 0.1) is 0 Å². The third-order valence-corrected chi connectivity index (χ3v) is 1.03. The molecule has 0 amide bonds. The van der Waals surface area contributed by atoms with Gasteiger partial charge in [-0.25, -0.2) is 0 Å². The summed E-state index contributed by atoms with van der Waals surface area (Å²) >= 11 is 0. The van der Waals surface area contributed by atoms with Crippen molar-refractivity contribution >= 4 is 51.4 Å². The molecule has 1 aromatic rings. The first-order valence-corrected chi connectivity index (χ1v) is 2.65. The van der Waals surface area contributed by atoms with Crippen molar-refractivity contribution in [3.8, 4) is 0 Å². The normalized spacial score (nSPS) is 6.73. The number of hydrogen-bond acceptors (Lipinski definition) is 0. The summed E-state index contributed by atoms with van der Waals surface area (Å²) < 4.78 is 0. The molecule has 0 N–H and O–H groups in total. The van der Waals surface area contributed by atoms with Gasteiger partial charge in [-0.15, -0.1) is 13.8 Å². The standard InChI is InChI=1S/C8H8.3K/c1-7-3-5-8(2)6-4-7;;;/h3,6H,1-2H3;;;/q-2;;2*+1. The number of hydrogen-bond donors (Lipinski definition) is 0. The van der Waals surface area contributed by atoms with Crippen molar-refractivity contribution in [2.75, 3.05) is 0 Å². The first kappa shape index (κ1) is 20.5. The minimum Gasteiger partial charge on any atom is -0.316 e. The molecule has 0 saturated heterocycles. The van der Waals surface area contributed by atoms with Crippen molar-refractivity contribution in [1.29, 1.82) is 0 Å². The molecule has 3 heteroatoms. The van der Waals surface area contributed by atoms with E-state index >= 15 is 0 Å². The van der Waals surface area contributed by atoms with Crippen LogP contribution in [0.4, 0.5) is 0 Å². The molecule has 0 bridgehead atoms. The van der Waals surface area contributed by atoms with Crippen LogP contribution in [0.5, 0.6) is 0 Å². The predicted molar refractivity (Wildman–Crippen MR) is 39.3 cm³/mol. The fourth-order valence-electron chi connectivity index (χ4n) is 0.528. The molecule has 11 heavy (non-hydrogen) atoms. The molecule has 0 saturated carbocycles. The van der Waals surface area contributed by atoms with Gasteiger partial charge in [-0.2, -0.15) is 0 Å². The van der Waals surface area contributed by atoms with Crippen molar-refractivity contribution < 1.29 is 103 Å². The summed E-state index contributed by atoms with van der Waals surface area (Å²) in [6.07, 6.45) is 0. The molecule has 0 aliphatic heterocycles. The van der Waals surface area contributed by atoms with Crippen LogP contribution in [0, 0.1) is 26.0 Å². The topological polar surface area (TPSA) is 0 Å². The van der Waals surface area contributed by atoms with Crippen molar-refractivity contribution in [2.45, 2.75) is 13.8 Å². The summed E-state index contributed by atoms with van der Waals surface area (Å²) in [5.41, 5.74) is 2.30. The van der Waals surface area contributed by atoms with Gasteiger partial charge in [-0.1, -0.05) is 0 Å². The maximum atomic E-state index is 3.07. The molecule has 0 unspecified atom stereocenters. The van der Waals surface area contributed by atoms with Gasteiger partial charge in [-0.05, 0) is 0 Å². The molecule has 0 aliphatic rings. The Balaban J connectivity index is -0.000000213. The van der Waals surface area contributed by atoms with E-state index in [4.69, 9.17) is 0 Å².